The van der Waals surface area contributed by atoms with Crippen LogP contribution >= 0.6 is 23.1 Å². The SMILES string of the molecule is CCNC(=O)[C@@H](C)NC(=O)COC(=O)CCCSc1nc2ccccc2s1. The second-order valence-corrected chi connectivity index (χ2v) is 8.12. The highest BCUT2D eigenvalue weighted by atomic mass is 32.2. The molecule has 7 nitrogen and oxygen atoms in total. The summed E-state index contributed by atoms with van der Waals surface area (Å²) in [6, 6.07) is 7.29. The van der Waals surface area contributed by atoms with E-state index in [2.05, 4.69) is 15.6 Å². The molecule has 1 heterocycles. The van der Waals surface area contributed by atoms with Crippen LogP contribution in [0.2, 0.25) is 0 Å². The third-order valence-corrected chi connectivity index (χ3v) is 5.78. The Bertz CT molecular complexity index is 761. The molecule has 1 aromatic carbocycles. The number of hydrogen-bond acceptors (Lipinski definition) is 7. The molecule has 27 heavy (non-hydrogen) atoms. The molecular weight excluding hydrogens is 386 g/mol. The molecule has 146 valence electrons. The van der Waals surface area contributed by atoms with Crippen molar-refractivity contribution in [3.63, 3.8) is 0 Å². The van der Waals surface area contributed by atoms with Crippen molar-refractivity contribution >= 4 is 51.1 Å². The van der Waals surface area contributed by atoms with Crippen LogP contribution in [0.15, 0.2) is 28.6 Å². The fraction of sp³-hybridized carbons (Fsp3) is 0.444. The minimum Gasteiger partial charge on any atom is -0.456 e. The zero-order chi connectivity index (χ0) is 19.6. The number of carbonyl (C=O) groups is 3. The number of ether oxygens (including phenoxy) is 1. The van der Waals surface area contributed by atoms with Crippen LogP contribution in [0.3, 0.4) is 0 Å². The van der Waals surface area contributed by atoms with Crippen LogP contribution in [-0.4, -0.2) is 47.7 Å². The Balaban J connectivity index is 1.60. The molecule has 0 saturated carbocycles. The van der Waals surface area contributed by atoms with Crippen molar-refractivity contribution in [1.29, 1.82) is 0 Å². The van der Waals surface area contributed by atoms with E-state index in [9.17, 15) is 14.4 Å². The van der Waals surface area contributed by atoms with Gasteiger partial charge in [-0.15, -0.1) is 11.3 Å². The number of nitrogens with one attached hydrogen (secondary N) is 2. The lowest BCUT2D eigenvalue weighted by Gasteiger charge is -2.13. The quantitative estimate of drug-likeness (QED) is 0.355. The van der Waals surface area contributed by atoms with E-state index in [1.165, 1.54) is 0 Å². The summed E-state index contributed by atoms with van der Waals surface area (Å²) in [6.07, 6.45) is 0.868. The molecule has 1 aromatic heterocycles. The van der Waals surface area contributed by atoms with Gasteiger partial charge in [0.2, 0.25) is 5.91 Å². The van der Waals surface area contributed by atoms with Crippen molar-refractivity contribution < 1.29 is 19.1 Å². The van der Waals surface area contributed by atoms with Gasteiger partial charge < -0.3 is 15.4 Å². The summed E-state index contributed by atoms with van der Waals surface area (Å²) >= 11 is 3.24. The van der Waals surface area contributed by atoms with Crippen LogP contribution in [-0.2, 0) is 19.1 Å². The van der Waals surface area contributed by atoms with Crippen LogP contribution in [0.25, 0.3) is 10.2 Å². The average Bonchev–Trinajstić information content (AvgIpc) is 3.06. The fourth-order valence-electron chi connectivity index (χ4n) is 2.18. The second-order valence-electron chi connectivity index (χ2n) is 5.74. The third kappa shape index (κ3) is 7.18. The molecule has 1 atom stereocenters. The maximum atomic E-state index is 11.7. The first kappa shape index (κ1) is 21.2. The van der Waals surface area contributed by atoms with E-state index in [1.807, 2.05) is 24.3 Å². The van der Waals surface area contributed by atoms with Crippen LogP contribution < -0.4 is 10.6 Å². The highest BCUT2D eigenvalue weighted by Gasteiger charge is 2.15. The summed E-state index contributed by atoms with van der Waals surface area (Å²) in [5.74, 6) is -0.453. The van der Waals surface area contributed by atoms with Gasteiger partial charge in [0.1, 0.15) is 6.04 Å². The van der Waals surface area contributed by atoms with Gasteiger partial charge in [-0.25, -0.2) is 4.98 Å². The number of fused-ring (bicyclic) bond motifs is 1. The van der Waals surface area contributed by atoms with Gasteiger partial charge in [0.25, 0.3) is 5.91 Å². The summed E-state index contributed by atoms with van der Waals surface area (Å²) in [6.45, 7) is 3.48. The Hall–Kier alpha value is -2.13. The van der Waals surface area contributed by atoms with Gasteiger partial charge >= 0.3 is 5.97 Å². The molecule has 0 bridgehead atoms. The standard InChI is InChI=1S/C18H23N3O4S2/c1-3-19-17(24)12(2)20-15(22)11-25-16(23)9-6-10-26-18-21-13-7-4-5-8-14(13)27-18/h4-5,7-8,12H,3,6,9-11H2,1-2H3,(H,19,24)(H,20,22)/t12-/m1/s1. The summed E-state index contributed by atoms with van der Waals surface area (Å²) in [4.78, 5) is 39.5. The zero-order valence-corrected chi connectivity index (χ0v) is 17.0. The lowest BCUT2D eigenvalue weighted by molar-refractivity contribution is -0.148. The Morgan fingerprint density at radius 3 is 2.81 bits per heavy atom. The predicted octanol–water partition coefficient (Wildman–Crippen LogP) is 2.35. The van der Waals surface area contributed by atoms with Crippen molar-refractivity contribution in [2.75, 3.05) is 18.9 Å². The molecule has 0 radical (unpaired) electrons. The van der Waals surface area contributed by atoms with Crippen molar-refractivity contribution in [3.05, 3.63) is 24.3 Å². The van der Waals surface area contributed by atoms with E-state index in [0.29, 0.717) is 13.0 Å². The number of thiazole rings is 1. The number of para-hydroxylation sites is 1. The summed E-state index contributed by atoms with van der Waals surface area (Å²) in [5, 5.41) is 5.09. The molecule has 0 aliphatic rings. The third-order valence-electron chi connectivity index (χ3n) is 3.51. The molecule has 0 aliphatic heterocycles. The largest absolute Gasteiger partial charge is 0.456 e. The minimum atomic E-state index is -0.665. The molecule has 2 N–H and O–H groups in total. The first-order valence-corrected chi connectivity index (χ1v) is 10.5. The summed E-state index contributed by atoms with van der Waals surface area (Å²) in [5.41, 5.74) is 0.984. The summed E-state index contributed by atoms with van der Waals surface area (Å²) in [7, 11) is 0. The maximum Gasteiger partial charge on any atom is 0.306 e. The van der Waals surface area contributed by atoms with Crippen molar-refractivity contribution in [1.82, 2.24) is 15.6 Å². The molecule has 9 heteroatoms. The maximum absolute atomic E-state index is 11.7. The van der Waals surface area contributed by atoms with Gasteiger partial charge in [-0.3, -0.25) is 14.4 Å². The number of hydrogen-bond donors (Lipinski definition) is 2. The van der Waals surface area contributed by atoms with E-state index in [-0.39, 0.29) is 18.9 Å². The number of benzene rings is 1. The van der Waals surface area contributed by atoms with Gasteiger partial charge in [0, 0.05) is 18.7 Å². The lowest BCUT2D eigenvalue weighted by Crippen LogP contribution is -2.46. The molecule has 2 rings (SSSR count). The van der Waals surface area contributed by atoms with Gasteiger partial charge in [-0.1, -0.05) is 23.9 Å². The van der Waals surface area contributed by atoms with Gasteiger partial charge in [0.15, 0.2) is 10.9 Å². The zero-order valence-electron chi connectivity index (χ0n) is 15.3. The first-order valence-electron chi connectivity index (χ1n) is 8.70. The number of carbonyl (C=O) groups excluding carboxylic acids is 3. The Kier molecular flexibility index (Phi) is 8.53. The van der Waals surface area contributed by atoms with Crippen molar-refractivity contribution in [2.45, 2.75) is 37.1 Å². The Morgan fingerprint density at radius 2 is 2.07 bits per heavy atom. The molecule has 0 fully saturated rings. The molecule has 2 amide bonds. The van der Waals surface area contributed by atoms with Crippen molar-refractivity contribution in [3.8, 4) is 0 Å². The topological polar surface area (TPSA) is 97.4 Å². The fourth-order valence-corrected chi connectivity index (χ4v) is 4.26. The number of nitrogens with zero attached hydrogens (tertiary/aromatic N) is 1. The van der Waals surface area contributed by atoms with E-state index < -0.39 is 17.9 Å². The van der Waals surface area contributed by atoms with Gasteiger partial charge in [0.05, 0.1) is 10.2 Å². The van der Waals surface area contributed by atoms with E-state index in [4.69, 9.17) is 4.74 Å². The number of esters is 1. The monoisotopic (exact) mass is 409 g/mol. The first-order chi connectivity index (χ1) is 13.0. The smallest absolute Gasteiger partial charge is 0.306 e. The lowest BCUT2D eigenvalue weighted by atomic mass is 10.3. The van der Waals surface area contributed by atoms with E-state index in [1.54, 1.807) is 36.9 Å². The molecular formula is C18H23N3O4S2. The van der Waals surface area contributed by atoms with Crippen LogP contribution in [0.5, 0.6) is 0 Å². The Morgan fingerprint density at radius 1 is 1.30 bits per heavy atom. The number of aromatic nitrogens is 1. The predicted molar refractivity (Wildman–Crippen MR) is 107 cm³/mol. The highest BCUT2D eigenvalue weighted by Crippen LogP contribution is 2.29. The molecule has 0 spiro atoms. The second kappa shape index (κ2) is 10.9. The van der Waals surface area contributed by atoms with Crippen molar-refractivity contribution in [2.24, 2.45) is 0 Å². The number of thioether (sulfide) groups is 1. The molecule has 2 aromatic rings. The summed E-state index contributed by atoms with van der Waals surface area (Å²) < 4.78 is 7.06. The number of rotatable bonds is 10. The normalized spacial score (nSPS) is 11.8. The van der Waals surface area contributed by atoms with Crippen LogP contribution in [0.1, 0.15) is 26.7 Å². The Labute approximate surface area is 166 Å². The van der Waals surface area contributed by atoms with E-state index in [0.717, 1.165) is 20.3 Å². The van der Waals surface area contributed by atoms with Crippen LogP contribution in [0, 0.1) is 0 Å². The molecule has 0 saturated heterocycles. The van der Waals surface area contributed by atoms with E-state index >= 15 is 0 Å². The van der Waals surface area contributed by atoms with Gasteiger partial charge in [-0.05, 0) is 32.4 Å². The van der Waals surface area contributed by atoms with Crippen LogP contribution in [0.4, 0.5) is 0 Å². The van der Waals surface area contributed by atoms with Gasteiger partial charge in [-0.2, -0.15) is 0 Å². The molecule has 0 unspecified atom stereocenters. The number of likely N-dealkylation sites (N-methyl/N-ethyl adjacent to an activating group) is 1. The molecule has 0 aliphatic carbocycles. The number of amides is 2. The minimum absolute atomic E-state index is 0.233. The highest BCUT2D eigenvalue weighted by molar-refractivity contribution is 8.01. The average molecular weight is 410 g/mol.